The van der Waals surface area contributed by atoms with Gasteiger partial charge in [-0.2, -0.15) is 13.2 Å². The first-order valence-electron chi connectivity index (χ1n) is 11.6. The number of imidazole rings is 1. The Kier molecular flexibility index (Phi) is 6.26. The van der Waals surface area contributed by atoms with Gasteiger partial charge in [0.1, 0.15) is 0 Å². The molecule has 186 valence electrons. The van der Waals surface area contributed by atoms with Gasteiger partial charge in [-0.1, -0.05) is 0 Å². The average molecular weight is 496 g/mol. The van der Waals surface area contributed by atoms with Gasteiger partial charge in [-0.3, -0.25) is 9.55 Å². The normalized spacial score (nSPS) is 14.2. The van der Waals surface area contributed by atoms with E-state index in [2.05, 4.69) is 15.0 Å². The fourth-order valence-corrected chi connectivity index (χ4v) is 4.54. The average Bonchev–Trinajstić information content (AvgIpc) is 3.30. The van der Waals surface area contributed by atoms with E-state index >= 15 is 0 Å². The lowest BCUT2D eigenvalue weighted by atomic mass is 10.1. The second kappa shape index (κ2) is 9.52. The molecule has 0 unspecified atom stereocenters. The van der Waals surface area contributed by atoms with Gasteiger partial charge in [-0.25, -0.2) is 9.78 Å². The molecule has 0 spiro atoms. The number of aromatic nitrogens is 4. The van der Waals surface area contributed by atoms with Gasteiger partial charge in [0.05, 0.1) is 29.7 Å². The number of hydrogen-bond donors (Lipinski definition) is 1. The molecule has 0 atom stereocenters. The second-order valence-electron chi connectivity index (χ2n) is 8.58. The number of H-pyrrole nitrogens is 1. The molecule has 0 saturated carbocycles. The number of methoxy groups -OCH3 is 1. The molecule has 1 aliphatic heterocycles. The maximum atomic E-state index is 14.1. The Morgan fingerprint density at radius 3 is 2.47 bits per heavy atom. The van der Waals surface area contributed by atoms with Crippen molar-refractivity contribution in [1.29, 1.82) is 0 Å². The summed E-state index contributed by atoms with van der Waals surface area (Å²) in [4.78, 5) is 25.7. The van der Waals surface area contributed by atoms with Crippen LogP contribution < -0.4 is 15.3 Å². The van der Waals surface area contributed by atoms with Crippen LogP contribution in [-0.2, 0) is 6.18 Å². The van der Waals surface area contributed by atoms with Gasteiger partial charge in [0.2, 0.25) is 5.88 Å². The van der Waals surface area contributed by atoms with Gasteiger partial charge in [0.15, 0.2) is 0 Å². The summed E-state index contributed by atoms with van der Waals surface area (Å²) in [6.07, 6.45) is 2.83. The maximum absolute atomic E-state index is 14.1. The van der Waals surface area contributed by atoms with Gasteiger partial charge in [-0.15, -0.1) is 0 Å². The fraction of sp³-hybridized carbons (Fsp3) is 0.269. The summed E-state index contributed by atoms with van der Waals surface area (Å²) in [5, 5.41) is 0. The predicted octanol–water partition coefficient (Wildman–Crippen LogP) is 5.31. The van der Waals surface area contributed by atoms with Crippen molar-refractivity contribution in [3.05, 3.63) is 77.1 Å². The molecule has 0 radical (unpaired) electrons. The van der Waals surface area contributed by atoms with Gasteiger partial charge in [0, 0.05) is 49.0 Å². The Hall–Kier alpha value is -4.08. The highest BCUT2D eigenvalue weighted by molar-refractivity contribution is 5.70. The fourth-order valence-electron chi connectivity index (χ4n) is 4.54. The molecule has 10 heteroatoms. The van der Waals surface area contributed by atoms with Crippen molar-refractivity contribution in [2.75, 3.05) is 25.1 Å². The molecule has 36 heavy (non-hydrogen) atoms. The van der Waals surface area contributed by atoms with E-state index < -0.39 is 17.4 Å². The highest BCUT2D eigenvalue weighted by Crippen LogP contribution is 2.39. The summed E-state index contributed by atoms with van der Waals surface area (Å²) in [6, 6.07) is 11.2. The molecule has 5 rings (SSSR count). The van der Waals surface area contributed by atoms with E-state index in [-0.39, 0.29) is 11.4 Å². The predicted molar refractivity (Wildman–Crippen MR) is 130 cm³/mol. The highest BCUT2D eigenvalue weighted by atomic mass is 19.4. The first-order valence-corrected chi connectivity index (χ1v) is 11.6. The molecule has 1 saturated heterocycles. The molecule has 4 aromatic rings. The third-order valence-electron chi connectivity index (χ3n) is 6.32. The quantitative estimate of drug-likeness (QED) is 0.406. The molecule has 1 fully saturated rings. The molecule has 0 aliphatic carbocycles. The number of pyridine rings is 2. The smallest absolute Gasteiger partial charge is 0.418 e. The van der Waals surface area contributed by atoms with Crippen LogP contribution in [0.2, 0.25) is 0 Å². The van der Waals surface area contributed by atoms with Crippen LogP contribution in [0.3, 0.4) is 0 Å². The second-order valence-corrected chi connectivity index (χ2v) is 8.58. The van der Waals surface area contributed by atoms with E-state index in [1.807, 2.05) is 6.07 Å². The summed E-state index contributed by atoms with van der Waals surface area (Å²) < 4.78 is 48.6. The van der Waals surface area contributed by atoms with E-state index in [4.69, 9.17) is 4.74 Å². The largest absolute Gasteiger partial charge is 0.481 e. The van der Waals surface area contributed by atoms with Crippen molar-refractivity contribution in [2.45, 2.75) is 25.4 Å². The summed E-state index contributed by atoms with van der Waals surface area (Å²) in [5.41, 5.74) is 1.30. The minimum absolute atomic E-state index is 0.114. The van der Waals surface area contributed by atoms with Gasteiger partial charge < -0.3 is 14.6 Å². The number of nitrogens with one attached hydrogen (secondary N) is 1. The number of halogens is 3. The third-order valence-corrected chi connectivity index (χ3v) is 6.32. The van der Waals surface area contributed by atoms with E-state index in [0.717, 1.165) is 36.5 Å². The van der Waals surface area contributed by atoms with Crippen molar-refractivity contribution < 1.29 is 17.9 Å². The molecule has 7 nitrogen and oxygen atoms in total. The lowest BCUT2D eigenvalue weighted by Gasteiger charge is -2.31. The number of benzene rings is 1. The Labute approximate surface area is 205 Å². The monoisotopic (exact) mass is 495 g/mol. The minimum Gasteiger partial charge on any atom is -0.481 e. The number of rotatable bonds is 5. The van der Waals surface area contributed by atoms with Crippen LogP contribution in [0.5, 0.6) is 5.88 Å². The summed E-state index contributed by atoms with van der Waals surface area (Å²) in [6.45, 7) is 1.16. The summed E-state index contributed by atoms with van der Waals surface area (Å²) in [5.74, 6) is 0.473. The van der Waals surface area contributed by atoms with E-state index in [9.17, 15) is 18.0 Å². The van der Waals surface area contributed by atoms with Crippen LogP contribution >= 0.6 is 0 Å². The van der Waals surface area contributed by atoms with Gasteiger partial charge in [0.25, 0.3) is 0 Å². The molecule has 1 aromatic carbocycles. The van der Waals surface area contributed by atoms with Gasteiger partial charge in [-0.05, 0) is 61.2 Å². The maximum Gasteiger partial charge on any atom is 0.418 e. The molecule has 1 aliphatic rings. The first kappa shape index (κ1) is 23.7. The number of nitrogens with zero attached hydrogens (tertiary/aromatic N) is 4. The number of piperidine rings is 1. The van der Waals surface area contributed by atoms with Crippen molar-refractivity contribution in [1.82, 2.24) is 19.5 Å². The van der Waals surface area contributed by atoms with Crippen LogP contribution in [0.15, 0.2) is 65.8 Å². The SMILES string of the molecule is COc1ccc(-c2ccnc(-c3c[nH]c(=O)n3-c3ccc(N4CCCCC4)c(C(F)(F)F)c3)c2)cn1. The Morgan fingerprint density at radius 2 is 1.78 bits per heavy atom. The molecular formula is C26H24F3N5O2. The minimum atomic E-state index is -4.57. The Morgan fingerprint density at radius 1 is 0.972 bits per heavy atom. The first-order chi connectivity index (χ1) is 17.3. The van der Waals surface area contributed by atoms with Crippen molar-refractivity contribution >= 4 is 5.69 Å². The third kappa shape index (κ3) is 4.58. The zero-order chi connectivity index (χ0) is 25.3. The van der Waals surface area contributed by atoms with Crippen LogP contribution in [0.1, 0.15) is 24.8 Å². The lowest BCUT2D eigenvalue weighted by Crippen LogP contribution is -2.31. The molecular weight excluding hydrogens is 471 g/mol. The van der Waals surface area contributed by atoms with Crippen LogP contribution in [0, 0.1) is 0 Å². The van der Waals surface area contributed by atoms with Crippen molar-refractivity contribution in [3.63, 3.8) is 0 Å². The zero-order valence-electron chi connectivity index (χ0n) is 19.5. The highest BCUT2D eigenvalue weighted by Gasteiger charge is 2.36. The Balaban J connectivity index is 1.57. The van der Waals surface area contributed by atoms with Crippen molar-refractivity contribution in [2.24, 2.45) is 0 Å². The number of ether oxygens (including phenoxy) is 1. The molecule has 1 N–H and O–H groups in total. The van der Waals surface area contributed by atoms with Crippen LogP contribution in [0.4, 0.5) is 18.9 Å². The number of hydrogen-bond acceptors (Lipinski definition) is 5. The molecule has 4 heterocycles. The standard InChI is InChI=1S/C26H24F3N5O2/c1-36-24-8-5-18(15-31-24)17-9-10-30-21(13-17)23-16-32-25(35)34(23)19-6-7-22(20(14-19)26(27,28)29)33-11-3-2-4-12-33/h5-10,13-16H,2-4,11-12H2,1H3,(H,32,35). The topological polar surface area (TPSA) is 76.0 Å². The zero-order valence-corrected chi connectivity index (χ0v) is 19.5. The van der Waals surface area contributed by atoms with Crippen LogP contribution in [0.25, 0.3) is 28.2 Å². The number of anilines is 1. The number of alkyl halides is 3. The molecule has 0 amide bonds. The number of aromatic amines is 1. The molecule has 0 bridgehead atoms. The summed E-state index contributed by atoms with van der Waals surface area (Å²) >= 11 is 0. The van der Waals surface area contributed by atoms with E-state index in [1.54, 1.807) is 41.6 Å². The van der Waals surface area contributed by atoms with Crippen LogP contribution in [-0.4, -0.2) is 39.7 Å². The Bertz CT molecular complexity index is 1420. The summed E-state index contributed by atoms with van der Waals surface area (Å²) in [7, 11) is 1.53. The molecule has 3 aromatic heterocycles. The van der Waals surface area contributed by atoms with Gasteiger partial charge >= 0.3 is 11.9 Å². The van der Waals surface area contributed by atoms with E-state index in [1.165, 1.54) is 23.9 Å². The van der Waals surface area contributed by atoms with Crippen molar-refractivity contribution in [3.8, 4) is 34.1 Å². The van der Waals surface area contributed by atoms with E-state index in [0.29, 0.717) is 30.4 Å². The lowest BCUT2D eigenvalue weighted by molar-refractivity contribution is -0.137.